The van der Waals surface area contributed by atoms with E-state index in [1.165, 1.54) is 21.3 Å². The fraction of sp³-hybridized carbons (Fsp3) is 0.391. The molecule has 2 amide bonds. The van der Waals surface area contributed by atoms with Crippen LogP contribution in [0.25, 0.3) is 0 Å². The zero-order valence-corrected chi connectivity index (χ0v) is 19.9. The van der Waals surface area contributed by atoms with Crippen LogP contribution in [0.4, 0.5) is 16.2 Å². The van der Waals surface area contributed by atoms with Gasteiger partial charge in [0.15, 0.2) is 11.5 Å². The number of carbonyl (C=O) groups excluding carboxylic acids is 2. The third-order valence-electron chi connectivity index (χ3n) is 5.31. The van der Waals surface area contributed by atoms with Crippen molar-refractivity contribution >= 4 is 35.0 Å². The van der Waals surface area contributed by atoms with Crippen molar-refractivity contribution < 1.29 is 28.5 Å². The minimum Gasteiger partial charge on any atom is -0.493 e. The quantitative estimate of drug-likeness (QED) is 0.646. The van der Waals surface area contributed by atoms with Crippen molar-refractivity contribution in [1.29, 1.82) is 0 Å². The first-order valence-electron chi connectivity index (χ1n) is 10.5. The van der Waals surface area contributed by atoms with Crippen LogP contribution in [0.3, 0.4) is 0 Å². The Morgan fingerprint density at radius 2 is 1.67 bits per heavy atom. The lowest BCUT2D eigenvalue weighted by Crippen LogP contribution is -2.49. The highest BCUT2D eigenvalue weighted by molar-refractivity contribution is 6.34. The molecule has 1 heterocycles. The van der Waals surface area contributed by atoms with Crippen LogP contribution in [0.1, 0.15) is 17.3 Å². The molecule has 0 atom stereocenters. The van der Waals surface area contributed by atoms with Gasteiger partial charge in [0, 0.05) is 26.2 Å². The predicted octanol–water partition coefficient (Wildman–Crippen LogP) is 3.90. The van der Waals surface area contributed by atoms with E-state index >= 15 is 0 Å². The molecule has 1 N–H and O–H groups in total. The molecule has 1 saturated heterocycles. The first kappa shape index (κ1) is 24.3. The Hall–Kier alpha value is -3.33. The first-order chi connectivity index (χ1) is 15.9. The molecular formula is C23H28ClN3O6. The van der Waals surface area contributed by atoms with Crippen LogP contribution in [0, 0.1) is 0 Å². The number of methoxy groups -OCH3 is 3. The van der Waals surface area contributed by atoms with Gasteiger partial charge >= 0.3 is 6.09 Å². The van der Waals surface area contributed by atoms with Gasteiger partial charge in [-0.2, -0.15) is 0 Å². The molecule has 2 aromatic carbocycles. The van der Waals surface area contributed by atoms with Crippen LogP contribution >= 0.6 is 11.6 Å². The maximum Gasteiger partial charge on any atom is 0.409 e. The van der Waals surface area contributed by atoms with E-state index in [-0.39, 0.29) is 23.3 Å². The molecule has 10 heteroatoms. The van der Waals surface area contributed by atoms with Gasteiger partial charge in [-0.1, -0.05) is 17.7 Å². The third-order valence-corrected chi connectivity index (χ3v) is 5.61. The summed E-state index contributed by atoms with van der Waals surface area (Å²) in [6.07, 6.45) is -0.328. The zero-order chi connectivity index (χ0) is 24.0. The molecule has 0 radical (unpaired) electrons. The Bertz CT molecular complexity index is 1010. The van der Waals surface area contributed by atoms with Crippen LogP contribution in [0.15, 0.2) is 30.3 Å². The fourth-order valence-corrected chi connectivity index (χ4v) is 4.03. The molecule has 33 heavy (non-hydrogen) atoms. The van der Waals surface area contributed by atoms with E-state index < -0.39 is 0 Å². The number of amides is 2. The van der Waals surface area contributed by atoms with Gasteiger partial charge in [-0.15, -0.1) is 0 Å². The number of halogens is 1. The van der Waals surface area contributed by atoms with Gasteiger partial charge in [0.25, 0.3) is 5.91 Å². The summed E-state index contributed by atoms with van der Waals surface area (Å²) >= 11 is 6.53. The number of ether oxygens (including phenoxy) is 4. The Balaban J connectivity index is 1.85. The highest BCUT2D eigenvalue weighted by Gasteiger charge is 2.26. The summed E-state index contributed by atoms with van der Waals surface area (Å²) in [5.41, 5.74) is 1.53. The van der Waals surface area contributed by atoms with Crippen LogP contribution in [-0.4, -0.2) is 71.0 Å². The Labute approximate surface area is 198 Å². The Morgan fingerprint density at radius 1 is 0.970 bits per heavy atom. The molecule has 0 unspecified atom stereocenters. The van der Waals surface area contributed by atoms with Gasteiger partial charge in [0.1, 0.15) is 0 Å². The summed E-state index contributed by atoms with van der Waals surface area (Å²) in [4.78, 5) is 28.9. The average molecular weight is 478 g/mol. The number of anilines is 2. The number of rotatable bonds is 7. The van der Waals surface area contributed by atoms with E-state index in [0.717, 1.165) is 0 Å². The van der Waals surface area contributed by atoms with Crippen LogP contribution in [0.5, 0.6) is 17.2 Å². The molecule has 0 aromatic heterocycles. The minimum absolute atomic E-state index is 0.265. The van der Waals surface area contributed by atoms with E-state index in [9.17, 15) is 9.59 Å². The number of nitrogens with one attached hydrogen (secondary N) is 1. The van der Waals surface area contributed by atoms with Crippen molar-refractivity contribution in [3.05, 3.63) is 40.9 Å². The largest absolute Gasteiger partial charge is 0.493 e. The molecule has 9 nitrogen and oxygen atoms in total. The van der Waals surface area contributed by atoms with Crippen LogP contribution in [0.2, 0.25) is 5.02 Å². The summed E-state index contributed by atoms with van der Waals surface area (Å²) in [6.45, 7) is 4.18. The lowest BCUT2D eigenvalue weighted by molar-refractivity contribution is 0.102. The average Bonchev–Trinajstić information content (AvgIpc) is 2.83. The summed E-state index contributed by atoms with van der Waals surface area (Å²) in [6, 6.07) is 8.56. The lowest BCUT2D eigenvalue weighted by Gasteiger charge is -2.36. The number of piperazine rings is 1. The molecule has 1 aliphatic heterocycles. The van der Waals surface area contributed by atoms with Crippen molar-refractivity contribution in [2.45, 2.75) is 6.92 Å². The summed E-state index contributed by atoms with van der Waals surface area (Å²) < 4.78 is 21.2. The van der Waals surface area contributed by atoms with Gasteiger partial charge < -0.3 is 34.1 Å². The molecule has 2 aromatic rings. The van der Waals surface area contributed by atoms with E-state index in [1.54, 1.807) is 42.2 Å². The highest BCUT2D eigenvalue weighted by atomic mass is 35.5. The summed E-state index contributed by atoms with van der Waals surface area (Å²) in [5, 5.41) is 3.43. The lowest BCUT2D eigenvalue weighted by atomic mass is 10.1. The van der Waals surface area contributed by atoms with E-state index in [4.69, 9.17) is 30.5 Å². The summed E-state index contributed by atoms with van der Waals surface area (Å²) in [7, 11) is 4.45. The van der Waals surface area contributed by atoms with Crippen molar-refractivity contribution in [1.82, 2.24) is 4.90 Å². The van der Waals surface area contributed by atoms with E-state index in [0.29, 0.717) is 60.7 Å². The number of carbonyl (C=O) groups is 2. The Morgan fingerprint density at radius 3 is 2.27 bits per heavy atom. The minimum atomic E-state index is -0.388. The zero-order valence-electron chi connectivity index (χ0n) is 19.1. The monoisotopic (exact) mass is 477 g/mol. The number of benzene rings is 2. The number of nitrogens with zero attached hydrogens (tertiary/aromatic N) is 2. The molecule has 3 rings (SSSR count). The topological polar surface area (TPSA) is 89.6 Å². The maximum atomic E-state index is 13.2. The third kappa shape index (κ3) is 5.19. The summed E-state index contributed by atoms with van der Waals surface area (Å²) in [5.74, 6) is 0.658. The van der Waals surface area contributed by atoms with Gasteiger partial charge in [-0.3, -0.25) is 4.79 Å². The molecule has 1 fully saturated rings. The van der Waals surface area contributed by atoms with Gasteiger partial charge in [-0.25, -0.2) is 4.79 Å². The molecule has 178 valence electrons. The molecule has 0 spiro atoms. The van der Waals surface area contributed by atoms with Gasteiger partial charge in [-0.05, 0) is 31.2 Å². The normalized spacial score (nSPS) is 13.4. The second kappa shape index (κ2) is 11.0. The predicted molar refractivity (Wildman–Crippen MR) is 126 cm³/mol. The molecular weight excluding hydrogens is 450 g/mol. The smallest absolute Gasteiger partial charge is 0.409 e. The van der Waals surface area contributed by atoms with Gasteiger partial charge in [0.05, 0.1) is 49.9 Å². The van der Waals surface area contributed by atoms with Gasteiger partial charge in [0.2, 0.25) is 5.75 Å². The standard InChI is InChI=1S/C23H28ClN3O6/c1-5-33-23(29)27-13-11-26(12-14-27)19-16(24)7-6-8-17(19)25-22(28)15-9-10-18(30-2)21(32-4)20(15)31-3/h6-10H,5,11-14H2,1-4H3,(H,25,28). The van der Waals surface area contributed by atoms with Crippen molar-refractivity contribution in [2.24, 2.45) is 0 Å². The SMILES string of the molecule is CCOC(=O)N1CCN(c2c(Cl)cccc2NC(=O)c2ccc(OC)c(OC)c2OC)CC1. The second-order valence-corrected chi connectivity index (χ2v) is 7.55. The van der Waals surface area contributed by atoms with Crippen LogP contribution < -0.4 is 24.4 Å². The fourth-order valence-electron chi connectivity index (χ4n) is 3.73. The van der Waals surface area contributed by atoms with Crippen molar-refractivity contribution in [3.63, 3.8) is 0 Å². The number of hydrogen-bond acceptors (Lipinski definition) is 7. The first-order valence-corrected chi connectivity index (χ1v) is 10.9. The molecule has 1 aliphatic rings. The number of para-hydroxylation sites is 1. The van der Waals surface area contributed by atoms with Crippen molar-refractivity contribution in [3.8, 4) is 17.2 Å². The number of hydrogen-bond donors (Lipinski definition) is 1. The highest BCUT2D eigenvalue weighted by Crippen LogP contribution is 2.41. The van der Waals surface area contributed by atoms with Crippen molar-refractivity contribution in [2.75, 3.05) is 64.3 Å². The molecule has 0 aliphatic carbocycles. The molecule has 0 bridgehead atoms. The molecule has 0 saturated carbocycles. The van der Waals surface area contributed by atoms with E-state index in [1.807, 2.05) is 4.90 Å². The van der Waals surface area contributed by atoms with E-state index in [2.05, 4.69) is 5.32 Å². The van der Waals surface area contributed by atoms with Crippen LogP contribution in [-0.2, 0) is 4.74 Å². The second-order valence-electron chi connectivity index (χ2n) is 7.15. The Kier molecular flexibility index (Phi) is 8.11. The maximum absolute atomic E-state index is 13.2.